The minimum absolute atomic E-state index is 0.0433. The van der Waals surface area contributed by atoms with E-state index in [0.29, 0.717) is 34.0 Å². The molecule has 12 amide bonds. The molecule has 0 radical (unpaired) electrons. The van der Waals surface area contributed by atoms with Gasteiger partial charge in [-0.1, -0.05) is 88.4 Å². The van der Waals surface area contributed by atoms with Crippen LogP contribution < -0.4 is 70.0 Å². The number of amides is 12. The summed E-state index contributed by atoms with van der Waals surface area (Å²) in [4.78, 5) is 203. The lowest BCUT2D eigenvalue weighted by molar-refractivity contribution is -0.406. The third-order valence-corrected chi connectivity index (χ3v) is 17.0. The number of primary amides is 1. The van der Waals surface area contributed by atoms with Crippen molar-refractivity contribution < 1.29 is 103 Å². The van der Waals surface area contributed by atoms with E-state index in [1.54, 1.807) is 74.6 Å². The zero-order valence-electron chi connectivity index (χ0n) is 60.4. The van der Waals surface area contributed by atoms with Gasteiger partial charge in [0, 0.05) is 73.9 Å². The molecule has 5 aromatic rings. The summed E-state index contributed by atoms with van der Waals surface area (Å²) >= 11 is 0. The van der Waals surface area contributed by atoms with Crippen molar-refractivity contribution >= 4 is 93.7 Å². The molecule has 0 aliphatic rings. The maximum atomic E-state index is 15.2. The van der Waals surface area contributed by atoms with Crippen LogP contribution in [0.4, 0.5) is 0 Å². The van der Waals surface area contributed by atoms with E-state index in [0.717, 1.165) is 6.92 Å². The van der Waals surface area contributed by atoms with Crippen molar-refractivity contribution in [3.8, 4) is 5.75 Å². The number of hydrogen-bond donors (Lipinski definition) is 21. The van der Waals surface area contributed by atoms with Crippen molar-refractivity contribution in [2.45, 2.75) is 197 Å². The quantitative estimate of drug-likeness (QED) is 0.0176. The number of nitrogens with zero attached hydrogens (tertiary/aromatic N) is 1. The number of aromatic nitrogens is 3. The third kappa shape index (κ3) is 28.2. The van der Waals surface area contributed by atoms with Gasteiger partial charge < -0.3 is 111 Å². The molecule has 0 saturated heterocycles. The van der Waals surface area contributed by atoms with Crippen LogP contribution in [0.5, 0.6) is 5.75 Å². The van der Waals surface area contributed by atoms with Gasteiger partial charge in [-0.15, -0.1) is 0 Å². The first-order valence-electron chi connectivity index (χ1n) is 34.7. The number of phenolic OH excluding ortho intramolecular Hbond substituents is 1. The highest BCUT2D eigenvalue weighted by molar-refractivity contribution is 6.00. The molecule has 0 spiro atoms. The Labute approximate surface area is 615 Å². The van der Waals surface area contributed by atoms with Gasteiger partial charge in [-0.3, -0.25) is 62.3 Å². The standard InChI is InChI=1S/C71H98N16O20/c1-35(2)25-46(72)61(96)86-58(38(6)89)69(104)84-52(27-40-13-9-8-10-14-40)65(100)79-49(22-24-57(93)94)63(98)83-54(30-43-32-74-34-76-43)67(102)81-51(28-41-17-19-44(91)20-18-41)66(101)82-53(29-42-31-75-47-16-12-11-15-45(42)47)64(99)77-37(5)60(95)78-48(21-23-56(73)92)62(97)80-50(26-36(3)4)68(103)87-59(39(7)90)70(105)85-55(33-88)71(106)107/h8-20,31-32,34-39,46,48-55,58-59,75,88-91H,21-30,33,72H2,1-7H3,(H2,73,92)(H,74,76)(H,77,99)(H,78,95)(H,79,100)(H,80,97)(H,81,102)(H,82,101)(H,83,98)(H,84,104)(H,85,105)(H,86,96)(H,87,103)(H,93,94)(H,106,107)/p+1/t37-,38+,39+,46-,48-,49-,50-,51-,52-,53-,54-,55-,58-,59-/m0/s1. The van der Waals surface area contributed by atoms with Crippen molar-refractivity contribution in [2.75, 3.05) is 6.61 Å². The number of hydrogen-bond acceptors (Lipinski definition) is 19. The molecule has 0 unspecified atom stereocenters. The van der Waals surface area contributed by atoms with E-state index in [1.165, 1.54) is 50.6 Å². The molecule has 14 atom stereocenters. The second kappa shape index (κ2) is 41.9. The topological polar surface area (TPSA) is 591 Å². The molecule has 24 N–H and O–H groups in total. The molecular formula is C71H99N16O20+. The molecule has 107 heavy (non-hydrogen) atoms. The number of fused-ring (bicyclic) bond motifs is 1. The number of phenols is 1. The molecule has 0 fully saturated rings. The van der Waals surface area contributed by atoms with Crippen LogP contribution in [0.25, 0.3) is 10.9 Å². The maximum Gasteiger partial charge on any atom is 0.328 e. The Morgan fingerprint density at radius 3 is 1.41 bits per heavy atom. The van der Waals surface area contributed by atoms with E-state index >= 15 is 9.59 Å². The molecule has 2 aromatic heterocycles. The monoisotopic (exact) mass is 1500 g/mol. The summed E-state index contributed by atoms with van der Waals surface area (Å²) in [6, 6.07) is 1.55. The number of quaternary nitrogens is 1. The molecular weight excluding hydrogens is 1400 g/mol. The average molecular weight is 1500 g/mol. The fraction of sp³-hybridized carbons (Fsp3) is 0.479. The lowest BCUT2D eigenvalue weighted by atomic mass is 10.0. The average Bonchev–Trinajstić information content (AvgIpc) is 1.74. The van der Waals surface area contributed by atoms with Gasteiger partial charge >= 0.3 is 11.9 Å². The Morgan fingerprint density at radius 2 is 0.907 bits per heavy atom. The normalized spacial score (nSPS) is 15.2. The molecule has 36 heteroatoms. The van der Waals surface area contributed by atoms with Crippen molar-refractivity contribution in [1.29, 1.82) is 0 Å². The van der Waals surface area contributed by atoms with Crippen LogP contribution in [0.1, 0.15) is 109 Å². The van der Waals surface area contributed by atoms with Crippen molar-refractivity contribution in [2.24, 2.45) is 17.6 Å². The summed E-state index contributed by atoms with van der Waals surface area (Å²) in [5.41, 5.74) is 11.5. The Kier molecular flexibility index (Phi) is 33.8. The van der Waals surface area contributed by atoms with Gasteiger partial charge in [-0.2, -0.15) is 0 Å². The van der Waals surface area contributed by atoms with Crippen molar-refractivity contribution in [3.05, 3.63) is 120 Å². The molecule has 0 bridgehead atoms. The van der Waals surface area contributed by atoms with Gasteiger partial charge in [0.1, 0.15) is 72.2 Å². The number of aliphatic carboxylic acids is 2. The lowest BCUT2D eigenvalue weighted by Crippen LogP contribution is -2.70. The lowest BCUT2D eigenvalue weighted by Gasteiger charge is -2.28. The predicted octanol–water partition coefficient (Wildman–Crippen LogP) is -4.11. The number of para-hydroxylation sites is 1. The molecule has 36 nitrogen and oxygen atoms in total. The maximum absolute atomic E-state index is 15.2. The van der Waals surface area contributed by atoms with E-state index in [-0.39, 0.29) is 49.0 Å². The van der Waals surface area contributed by atoms with Gasteiger partial charge in [0.2, 0.25) is 65.0 Å². The number of carboxylic acid groups (broad SMARTS) is 2. The van der Waals surface area contributed by atoms with Gasteiger partial charge in [0.25, 0.3) is 5.91 Å². The van der Waals surface area contributed by atoms with Crippen LogP contribution in [0.3, 0.4) is 0 Å². The predicted molar refractivity (Wildman–Crippen MR) is 382 cm³/mol. The summed E-state index contributed by atoms with van der Waals surface area (Å²) in [6.07, 6.45) is -2.35. The highest BCUT2D eigenvalue weighted by atomic mass is 16.4. The fourth-order valence-electron chi connectivity index (χ4n) is 11.2. The van der Waals surface area contributed by atoms with Crippen LogP contribution in [0, 0.1) is 11.8 Å². The van der Waals surface area contributed by atoms with Crippen LogP contribution in [-0.2, 0) is 92.8 Å². The zero-order chi connectivity index (χ0) is 79.4. The summed E-state index contributed by atoms with van der Waals surface area (Å²) in [5.74, 6) is -15.7. The van der Waals surface area contributed by atoms with Crippen LogP contribution >= 0.6 is 0 Å². The number of aromatic hydroxyl groups is 1. The van der Waals surface area contributed by atoms with E-state index in [9.17, 15) is 88.2 Å². The molecule has 2 heterocycles. The highest BCUT2D eigenvalue weighted by Crippen LogP contribution is 2.21. The smallest absolute Gasteiger partial charge is 0.328 e. The van der Waals surface area contributed by atoms with Gasteiger partial charge in [0.05, 0.1) is 25.1 Å². The van der Waals surface area contributed by atoms with E-state index in [2.05, 4.69) is 73.9 Å². The minimum atomic E-state index is -1.81. The summed E-state index contributed by atoms with van der Waals surface area (Å²) in [6.45, 7) is 9.61. The first-order valence-corrected chi connectivity index (χ1v) is 34.7. The van der Waals surface area contributed by atoms with Crippen molar-refractivity contribution in [3.63, 3.8) is 0 Å². The second-order valence-electron chi connectivity index (χ2n) is 27.0. The number of benzene rings is 3. The Bertz CT molecular complexity index is 3870. The Hall–Kier alpha value is -11.4. The van der Waals surface area contributed by atoms with Crippen molar-refractivity contribution in [1.82, 2.24) is 73.4 Å². The van der Waals surface area contributed by atoms with Crippen LogP contribution in [-0.4, -0.2) is 220 Å². The highest BCUT2D eigenvalue weighted by Gasteiger charge is 2.39. The number of aromatic amines is 2. The molecule has 0 aliphatic heterocycles. The summed E-state index contributed by atoms with van der Waals surface area (Å²) < 4.78 is 0. The van der Waals surface area contributed by atoms with E-state index in [4.69, 9.17) is 5.73 Å². The largest absolute Gasteiger partial charge is 0.508 e. The second-order valence-corrected chi connectivity index (χ2v) is 27.0. The number of nitrogens with one attached hydrogen (secondary N) is 13. The SMILES string of the molecule is CC(C)C[C@H](NC(=O)[C@H](CCC(N)=O)NC(=O)[C@H](C)NC(=O)[C@H](Cc1c[nH]c2ccccc12)NC(=O)[C@H](Cc1ccc(O)cc1)NC(=O)[C@H](Cc1cnc[nH]1)NC(=O)[C@H](CCC(=O)O)NC(=O)[C@H](Cc1ccccc1)NC(=O)[C@@H](NC(=O)[C@@H]([NH3+])CC(C)C)[C@@H](C)O)C(=O)N[C@H](C(=O)N[C@@H](CO)C(=O)O)[C@@H](C)O. The van der Waals surface area contributed by atoms with Gasteiger partial charge in [0.15, 0.2) is 6.04 Å². The van der Waals surface area contributed by atoms with Crippen LogP contribution in [0.2, 0.25) is 0 Å². The van der Waals surface area contributed by atoms with Gasteiger partial charge in [-0.05, 0) is 86.8 Å². The summed E-state index contributed by atoms with van der Waals surface area (Å²) in [5, 5.41) is 88.0. The number of aliphatic hydroxyl groups is 3. The molecule has 582 valence electrons. The number of rotatable bonds is 44. The number of carbonyl (C=O) groups is 14. The van der Waals surface area contributed by atoms with Crippen LogP contribution in [0.15, 0.2) is 97.6 Å². The molecule has 3 aromatic carbocycles. The Balaban J connectivity index is 1.46. The van der Waals surface area contributed by atoms with Gasteiger partial charge in [-0.25, -0.2) is 9.78 Å². The fourth-order valence-corrected chi connectivity index (χ4v) is 11.2. The number of imidazole rings is 1. The third-order valence-electron chi connectivity index (χ3n) is 17.0. The summed E-state index contributed by atoms with van der Waals surface area (Å²) in [7, 11) is 0. The number of nitrogens with two attached hydrogens (primary N) is 1. The number of aliphatic hydroxyl groups excluding tert-OH is 3. The molecule has 5 rings (SSSR count). The number of carbonyl (C=O) groups excluding carboxylic acids is 12. The zero-order valence-corrected chi connectivity index (χ0v) is 60.4. The van der Waals surface area contributed by atoms with E-state index in [1.807, 2.05) is 19.2 Å². The minimum Gasteiger partial charge on any atom is -0.508 e. The number of H-pyrrole nitrogens is 2. The Morgan fingerprint density at radius 1 is 0.467 bits per heavy atom. The molecule has 0 aliphatic carbocycles. The molecule has 0 saturated carbocycles. The first kappa shape index (κ1) is 86.3. The number of carboxylic acids is 2. The van der Waals surface area contributed by atoms with E-state index < -0.39 is 206 Å². The first-order chi connectivity index (χ1) is 50.5.